The standard InChI is InChI=1S/C13H9N5/c14-7-8-1-3-9(4-2-8)12-16-10-5-6-11(15)17-13(10)18-12/h1-6H,(H3,15,16,17,18). The van der Waals surface area contributed by atoms with E-state index in [2.05, 4.69) is 21.0 Å². The number of anilines is 1. The Morgan fingerprint density at radius 3 is 2.56 bits per heavy atom. The highest BCUT2D eigenvalue weighted by atomic mass is 15.0. The van der Waals surface area contributed by atoms with Gasteiger partial charge >= 0.3 is 0 Å². The molecule has 0 saturated carbocycles. The van der Waals surface area contributed by atoms with Gasteiger partial charge in [-0.1, -0.05) is 0 Å². The Labute approximate surface area is 103 Å². The number of nitrogens with one attached hydrogen (secondary N) is 1. The van der Waals surface area contributed by atoms with Crippen LogP contribution >= 0.6 is 0 Å². The fraction of sp³-hybridized carbons (Fsp3) is 0. The van der Waals surface area contributed by atoms with E-state index in [4.69, 9.17) is 11.0 Å². The van der Waals surface area contributed by atoms with E-state index in [-0.39, 0.29) is 0 Å². The molecule has 0 fully saturated rings. The van der Waals surface area contributed by atoms with Crippen LogP contribution in [0.15, 0.2) is 36.4 Å². The first-order chi connectivity index (χ1) is 8.76. The monoisotopic (exact) mass is 235 g/mol. The molecule has 0 saturated heterocycles. The Morgan fingerprint density at radius 2 is 1.83 bits per heavy atom. The largest absolute Gasteiger partial charge is 0.384 e. The number of benzene rings is 1. The summed E-state index contributed by atoms with van der Waals surface area (Å²) in [5, 5.41) is 8.75. The van der Waals surface area contributed by atoms with Crippen molar-refractivity contribution < 1.29 is 0 Å². The summed E-state index contributed by atoms with van der Waals surface area (Å²) in [6.45, 7) is 0. The van der Waals surface area contributed by atoms with Gasteiger partial charge in [0.2, 0.25) is 0 Å². The van der Waals surface area contributed by atoms with Gasteiger partial charge in [-0.15, -0.1) is 0 Å². The van der Waals surface area contributed by atoms with Crippen molar-refractivity contribution in [3.63, 3.8) is 0 Å². The Hall–Kier alpha value is -2.87. The van der Waals surface area contributed by atoms with Gasteiger partial charge in [0.25, 0.3) is 0 Å². The van der Waals surface area contributed by atoms with Crippen LogP contribution in [-0.2, 0) is 0 Å². The number of fused-ring (bicyclic) bond motifs is 1. The molecule has 5 heteroatoms. The molecule has 86 valence electrons. The Kier molecular flexibility index (Phi) is 2.21. The normalized spacial score (nSPS) is 10.4. The first kappa shape index (κ1) is 10.3. The highest BCUT2D eigenvalue weighted by molar-refractivity contribution is 5.77. The zero-order valence-corrected chi connectivity index (χ0v) is 9.38. The van der Waals surface area contributed by atoms with Crippen LogP contribution in [0.4, 0.5) is 5.82 Å². The van der Waals surface area contributed by atoms with E-state index in [0.717, 1.165) is 11.1 Å². The van der Waals surface area contributed by atoms with Crippen molar-refractivity contribution in [2.24, 2.45) is 0 Å². The van der Waals surface area contributed by atoms with Crippen molar-refractivity contribution in [3.8, 4) is 17.5 Å². The molecule has 3 rings (SSSR count). The fourth-order valence-electron chi connectivity index (χ4n) is 1.75. The Morgan fingerprint density at radius 1 is 1.06 bits per heavy atom. The van der Waals surface area contributed by atoms with Gasteiger partial charge in [0.1, 0.15) is 11.6 Å². The quantitative estimate of drug-likeness (QED) is 0.675. The lowest BCUT2D eigenvalue weighted by Gasteiger charge is -1.95. The number of hydrogen-bond donors (Lipinski definition) is 2. The second-order valence-corrected chi connectivity index (χ2v) is 3.88. The van der Waals surface area contributed by atoms with Crippen LogP contribution in [0, 0.1) is 11.3 Å². The van der Waals surface area contributed by atoms with E-state index in [1.54, 1.807) is 18.2 Å². The SMILES string of the molecule is N#Cc1ccc(-c2nc3nc(N)ccc3[nH]2)cc1. The molecule has 0 aliphatic heterocycles. The lowest BCUT2D eigenvalue weighted by molar-refractivity contribution is 1.30. The number of nitrogens with two attached hydrogens (primary N) is 1. The fourth-order valence-corrected chi connectivity index (χ4v) is 1.75. The number of nitrogens with zero attached hydrogens (tertiary/aromatic N) is 3. The number of pyridine rings is 1. The van der Waals surface area contributed by atoms with Crippen molar-refractivity contribution in [1.82, 2.24) is 15.0 Å². The van der Waals surface area contributed by atoms with Gasteiger partial charge in [0.15, 0.2) is 5.65 Å². The molecule has 0 unspecified atom stereocenters. The van der Waals surface area contributed by atoms with Crippen molar-refractivity contribution in [2.45, 2.75) is 0 Å². The number of aromatic amines is 1. The minimum Gasteiger partial charge on any atom is -0.384 e. The van der Waals surface area contributed by atoms with Crippen LogP contribution in [0.25, 0.3) is 22.6 Å². The first-order valence-electron chi connectivity index (χ1n) is 5.39. The number of H-pyrrole nitrogens is 1. The summed E-state index contributed by atoms with van der Waals surface area (Å²) in [7, 11) is 0. The van der Waals surface area contributed by atoms with Gasteiger partial charge in [-0.05, 0) is 36.4 Å². The molecule has 1 aromatic carbocycles. The Bertz CT molecular complexity index is 749. The molecular weight excluding hydrogens is 226 g/mol. The molecule has 5 nitrogen and oxygen atoms in total. The summed E-state index contributed by atoms with van der Waals surface area (Å²) >= 11 is 0. The summed E-state index contributed by atoms with van der Waals surface area (Å²) in [4.78, 5) is 11.7. The highest BCUT2D eigenvalue weighted by Crippen LogP contribution is 2.20. The predicted octanol–water partition coefficient (Wildman–Crippen LogP) is 2.08. The zero-order valence-electron chi connectivity index (χ0n) is 9.38. The number of nitriles is 1. The first-order valence-corrected chi connectivity index (χ1v) is 5.39. The third kappa shape index (κ3) is 1.66. The summed E-state index contributed by atoms with van der Waals surface area (Å²) < 4.78 is 0. The van der Waals surface area contributed by atoms with Crippen molar-refractivity contribution in [3.05, 3.63) is 42.0 Å². The van der Waals surface area contributed by atoms with Gasteiger partial charge in [0.05, 0.1) is 17.1 Å². The maximum absolute atomic E-state index is 8.75. The average Bonchev–Trinajstić information content (AvgIpc) is 2.81. The number of rotatable bonds is 1. The van der Waals surface area contributed by atoms with Crippen LogP contribution in [0.2, 0.25) is 0 Å². The molecule has 0 bridgehead atoms. The summed E-state index contributed by atoms with van der Waals surface area (Å²) in [5.74, 6) is 1.16. The Balaban J connectivity index is 2.10. The maximum atomic E-state index is 8.75. The van der Waals surface area contributed by atoms with Crippen molar-refractivity contribution >= 4 is 17.0 Å². The van der Waals surface area contributed by atoms with Crippen LogP contribution in [-0.4, -0.2) is 15.0 Å². The molecule has 0 radical (unpaired) electrons. The van der Waals surface area contributed by atoms with Gasteiger partial charge in [-0.3, -0.25) is 0 Å². The molecule has 0 atom stereocenters. The molecule has 0 amide bonds. The lowest BCUT2D eigenvalue weighted by atomic mass is 10.1. The minimum atomic E-state index is 0.445. The summed E-state index contributed by atoms with van der Waals surface area (Å²) in [6, 6.07) is 12.9. The second-order valence-electron chi connectivity index (χ2n) is 3.88. The van der Waals surface area contributed by atoms with Crippen LogP contribution in [0.5, 0.6) is 0 Å². The van der Waals surface area contributed by atoms with Gasteiger partial charge in [-0.25, -0.2) is 9.97 Å². The van der Waals surface area contributed by atoms with Gasteiger partial charge in [-0.2, -0.15) is 5.26 Å². The van der Waals surface area contributed by atoms with Crippen LogP contribution < -0.4 is 5.73 Å². The highest BCUT2D eigenvalue weighted by Gasteiger charge is 2.06. The van der Waals surface area contributed by atoms with E-state index < -0.39 is 0 Å². The predicted molar refractivity (Wildman–Crippen MR) is 68.5 cm³/mol. The molecule has 0 aliphatic carbocycles. The van der Waals surface area contributed by atoms with E-state index in [0.29, 0.717) is 22.9 Å². The van der Waals surface area contributed by atoms with Crippen molar-refractivity contribution in [2.75, 3.05) is 5.73 Å². The molecule has 0 spiro atoms. The molecular formula is C13H9N5. The van der Waals surface area contributed by atoms with Crippen molar-refractivity contribution in [1.29, 1.82) is 5.26 Å². The zero-order chi connectivity index (χ0) is 12.5. The summed E-state index contributed by atoms with van der Waals surface area (Å²) in [5.41, 5.74) is 8.57. The molecule has 2 aromatic heterocycles. The molecule has 3 N–H and O–H groups in total. The number of hydrogen-bond acceptors (Lipinski definition) is 4. The molecule has 0 aliphatic rings. The molecule has 3 aromatic rings. The average molecular weight is 235 g/mol. The smallest absolute Gasteiger partial charge is 0.180 e. The van der Waals surface area contributed by atoms with Gasteiger partial charge in [0, 0.05) is 5.56 Å². The maximum Gasteiger partial charge on any atom is 0.180 e. The molecule has 18 heavy (non-hydrogen) atoms. The summed E-state index contributed by atoms with van der Waals surface area (Å²) in [6.07, 6.45) is 0. The number of imidazole rings is 1. The third-order valence-electron chi connectivity index (χ3n) is 2.65. The number of nitrogen functional groups attached to an aromatic ring is 1. The van der Waals surface area contributed by atoms with E-state index >= 15 is 0 Å². The van der Waals surface area contributed by atoms with Crippen LogP contribution in [0.3, 0.4) is 0 Å². The van der Waals surface area contributed by atoms with Gasteiger partial charge < -0.3 is 10.7 Å². The van der Waals surface area contributed by atoms with E-state index in [9.17, 15) is 0 Å². The topological polar surface area (TPSA) is 91.4 Å². The van der Waals surface area contributed by atoms with Crippen LogP contribution in [0.1, 0.15) is 5.56 Å². The molecule has 2 heterocycles. The van der Waals surface area contributed by atoms with E-state index in [1.165, 1.54) is 0 Å². The van der Waals surface area contributed by atoms with E-state index in [1.807, 2.05) is 18.2 Å². The third-order valence-corrected chi connectivity index (χ3v) is 2.65. The number of aromatic nitrogens is 3. The second kappa shape index (κ2) is 3.86. The lowest BCUT2D eigenvalue weighted by Crippen LogP contribution is -1.88. The minimum absolute atomic E-state index is 0.445.